The van der Waals surface area contributed by atoms with E-state index in [4.69, 9.17) is 0 Å². The van der Waals surface area contributed by atoms with Crippen LogP contribution < -0.4 is 5.32 Å². The number of nitrogens with zero attached hydrogens (tertiary/aromatic N) is 1. The van der Waals surface area contributed by atoms with Gasteiger partial charge in [0.15, 0.2) is 5.69 Å². The van der Waals surface area contributed by atoms with Crippen molar-refractivity contribution in [3.63, 3.8) is 0 Å². The van der Waals surface area contributed by atoms with Gasteiger partial charge in [-0.05, 0) is 31.7 Å². The van der Waals surface area contributed by atoms with Crippen LogP contribution >= 0.6 is 0 Å². The molecule has 2 N–H and O–H groups in total. The summed E-state index contributed by atoms with van der Waals surface area (Å²) in [6, 6.07) is 7.02. The van der Waals surface area contributed by atoms with Crippen LogP contribution in [0.4, 0.5) is 13.2 Å². The van der Waals surface area contributed by atoms with Gasteiger partial charge >= 0.3 is 6.18 Å². The Kier molecular flexibility index (Phi) is 3.80. The van der Waals surface area contributed by atoms with Crippen LogP contribution in [0.25, 0.3) is 10.9 Å². The Morgan fingerprint density at radius 1 is 1.18 bits per heavy atom. The van der Waals surface area contributed by atoms with Crippen LogP contribution in [0.3, 0.4) is 0 Å². The average molecular weight is 311 g/mol. The highest BCUT2D eigenvalue weighted by molar-refractivity contribution is 6.04. The second-order valence-electron chi connectivity index (χ2n) is 5.68. The zero-order valence-corrected chi connectivity index (χ0v) is 11.8. The fourth-order valence-corrected chi connectivity index (χ4v) is 2.96. The first-order valence-electron chi connectivity index (χ1n) is 7.26. The number of carbonyl (C=O) groups excluding carboxylic acids is 1. The molecule has 0 bridgehead atoms. The minimum absolute atomic E-state index is 0.0652. The number of H-pyrrole nitrogens is 1. The molecular weight excluding hydrogens is 295 g/mol. The van der Waals surface area contributed by atoms with Crippen molar-refractivity contribution < 1.29 is 18.0 Å². The quantitative estimate of drug-likeness (QED) is 0.893. The number of nitrogens with one attached hydrogen (secondary N) is 2. The van der Waals surface area contributed by atoms with Gasteiger partial charge in [-0.3, -0.25) is 9.89 Å². The molecule has 1 fully saturated rings. The summed E-state index contributed by atoms with van der Waals surface area (Å²) in [5.41, 5.74) is 1.04. The van der Waals surface area contributed by atoms with Gasteiger partial charge in [-0.2, -0.15) is 18.3 Å². The number of benzene rings is 1. The van der Waals surface area contributed by atoms with E-state index in [0.29, 0.717) is 18.2 Å². The van der Waals surface area contributed by atoms with Crippen molar-refractivity contribution in [3.8, 4) is 0 Å². The number of halogens is 3. The lowest BCUT2D eigenvalue weighted by Gasteiger charge is -2.30. The maximum absolute atomic E-state index is 12.6. The van der Waals surface area contributed by atoms with Crippen LogP contribution in [-0.2, 0) is 0 Å². The first-order valence-corrected chi connectivity index (χ1v) is 7.26. The van der Waals surface area contributed by atoms with Crippen molar-refractivity contribution in [1.29, 1.82) is 0 Å². The van der Waals surface area contributed by atoms with Gasteiger partial charge in [0.05, 0.1) is 11.4 Å². The van der Waals surface area contributed by atoms with Gasteiger partial charge in [0.1, 0.15) is 0 Å². The third-order valence-electron chi connectivity index (χ3n) is 4.21. The number of hydrogen-bond donors (Lipinski definition) is 2. The summed E-state index contributed by atoms with van der Waals surface area (Å²) in [6.45, 7) is 0. The lowest BCUT2D eigenvalue weighted by molar-refractivity contribution is -0.182. The molecule has 0 atom stereocenters. The summed E-state index contributed by atoms with van der Waals surface area (Å²) in [5.74, 6) is -1.58. The highest BCUT2D eigenvalue weighted by atomic mass is 19.4. The van der Waals surface area contributed by atoms with E-state index in [9.17, 15) is 18.0 Å². The molecule has 4 nitrogen and oxygen atoms in total. The Bertz CT molecular complexity index is 672. The van der Waals surface area contributed by atoms with E-state index in [0.717, 1.165) is 5.52 Å². The third kappa shape index (κ3) is 2.93. The Balaban J connectivity index is 1.64. The number of amides is 1. The van der Waals surface area contributed by atoms with E-state index in [2.05, 4.69) is 15.5 Å². The van der Waals surface area contributed by atoms with Gasteiger partial charge in [-0.1, -0.05) is 18.2 Å². The fraction of sp³-hybridized carbons (Fsp3) is 0.467. The number of hydrogen-bond acceptors (Lipinski definition) is 2. The largest absolute Gasteiger partial charge is 0.391 e. The first kappa shape index (κ1) is 14.9. The van der Waals surface area contributed by atoms with Gasteiger partial charge in [-0.15, -0.1) is 0 Å². The average Bonchev–Trinajstić information content (AvgIpc) is 2.91. The fourth-order valence-electron chi connectivity index (χ4n) is 2.96. The Morgan fingerprint density at radius 3 is 2.55 bits per heavy atom. The number of carbonyl (C=O) groups is 1. The molecule has 7 heteroatoms. The summed E-state index contributed by atoms with van der Waals surface area (Å²) >= 11 is 0. The molecule has 0 spiro atoms. The monoisotopic (exact) mass is 311 g/mol. The molecule has 1 aliphatic rings. The Labute approximate surface area is 125 Å². The topological polar surface area (TPSA) is 57.8 Å². The minimum atomic E-state index is -4.13. The van der Waals surface area contributed by atoms with Gasteiger partial charge < -0.3 is 5.32 Å². The highest BCUT2D eigenvalue weighted by Gasteiger charge is 2.41. The first-order chi connectivity index (χ1) is 10.4. The van der Waals surface area contributed by atoms with E-state index in [-0.39, 0.29) is 30.5 Å². The molecule has 0 unspecified atom stereocenters. The SMILES string of the molecule is O=C(NC1CCC(C(F)(F)F)CC1)c1n[nH]c2ccccc12. The van der Waals surface area contributed by atoms with Crippen LogP contribution in [0.5, 0.6) is 0 Å². The maximum Gasteiger partial charge on any atom is 0.391 e. The van der Waals surface area contributed by atoms with Crippen LogP contribution in [0.1, 0.15) is 36.2 Å². The van der Waals surface area contributed by atoms with Crippen LogP contribution in [-0.4, -0.2) is 28.3 Å². The predicted octanol–water partition coefficient (Wildman–Crippen LogP) is 3.41. The van der Waals surface area contributed by atoms with Crippen LogP contribution in [0.2, 0.25) is 0 Å². The Hall–Kier alpha value is -2.05. The zero-order chi connectivity index (χ0) is 15.7. The Morgan fingerprint density at radius 2 is 1.86 bits per heavy atom. The number of aromatic amines is 1. The lowest BCUT2D eigenvalue weighted by atomic mass is 9.85. The molecule has 1 saturated carbocycles. The molecule has 0 saturated heterocycles. The van der Waals surface area contributed by atoms with E-state index >= 15 is 0 Å². The van der Waals surface area contributed by atoms with Gasteiger partial charge in [0.2, 0.25) is 0 Å². The lowest BCUT2D eigenvalue weighted by Crippen LogP contribution is -2.40. The van der Waals surface area contributed by atoms with Crippen molar-refractivity contribution >= 4 is 16.8 Å². The third-order valence-corrected chi connectivity index (χ3v) is 4.21. The van der Waals surface area contributed by atoms with Crippen LogP contribution in [0.15, 0.2) is 24.3 Å². The maximum atomic E-state index is 12.6. The van der Waals surface area contributed by atoms with E-state index in [1.165, 1.54) is 0 Å². The summed E-state index contributed by atoms with van der Waals surface area (Å²) in [4.78, 5) is 12.3. The number of aromatic nitrogens is 2. The molecule has 0 radical (unpaired) electrons. The molecule has 118 valence electrons. The number of fused-ring (bicyclic) bond motifs is 1. The molecular formula is C15H16F3N3O. The van der Waals surface area contributed by atoms with Crippen molar-refractivity contribution in [2.75, 3.05) is 0 Å². The molecule has 1 aliphatic carbocycles. The molecule has 1 heterocycles. The summed E-state index contributed by atoms with van der Waals surface area (Å²) in [5, 5.41) is 10.3. The molecule has 2 aromatic rings. The van der Waals surface area contributed by atoms with Crippen molar-refractivity contribution in [2.24, 2.45) is 5.92 Å². The molecule has 0 aliphatic heterocycles. The zero-order valence-electron chi connectivity index (χ0n) is 11.8. The standard InChI is InChI=1S/C15H16F3N3O/c16-15(17,18)9-5-7-10(8-6-9)19-14(22)13-11-3-1-2-4-12(11)20-21-13/h1-4,9-10H,5-8H2,(H,19,22)(H,20,21). The molecule has 1 aromatic heterocycles. The summed E-state index contributed by atoms with van der Waals surface area (Å²) in [7, 11) is 0. The van der Waals surface area contributed by atoms with Crippen molar-refractivity contribution in [1.82, 2.24) is 15.5 Å². The predicted molar refractivity (Wildman–Crippen MR) is 75.4 cm³/mol. The summed E-state index contributed by atoms with van der Waals surface area (Å²) in [6.07, 6.45) is -3.31. The minimum Gasteiger partial charge on any atom is -0.348 e. The second-order valence-corrected chi connectivity index (χ2v) is 5.68. The highest BCUT2D eigenvalue weighted by Crippen LogP contribution is 2.37. The number of para-hydroxylation sites is 1. The normalized spacial score (nSPS) is 22.7. The van der Waals surface area contributed by atoms with Gasteiger partial charge in [0, 0.05) is 11.4 Å². The molecule has 1 amide bonds. The van der Waals surface area contributed by atoms with Gasteiger partial charge in [0.25, 0.3) is 5.91 Å². The van der Waals surface area contributed by atoms with Crippen molar-refractivity contribution in [3.05, 3.63) is 30.0 Å². The van der Waals surface area contributed by atoms with E-state index in [1.807, 2.05) is 18.2 Å². The number of rotatable bonds is 2. The second kappa shape index (κ2) is 5.62. The number of alkyl halides is 3. The summed E-state index contributed by atoms with van der Waals surface area (Å²) < 4.78 is 37.9. The van der Waals surface area contributed by atoms with Crippen molar-refractivity contribution in [2.45, 2.75) is 37.9 Å². The van der Waals surface area contributed by atoms with Gasteiger partial charge in [-0.25, -0.2) is 0 Å². The molecule has 22 heavy (non-hydrogen) atoms. The molecule has 3 rings (SSSR count). The van der Waals surface area contributed by atoms with E-state index in [1.54, 1.807) is 6.07 Å². The van der Waals surface area contributed by atoms with Crippen LogP contribution in [0, 0.1) is 5.92 Å². The molecule has 1 aromatic carbocycles. The smallest absolute Gasteiger partial charge is 0.348 e. The van der Waals surface area contributed by atoms with E-state index < -0.39 is 12.1 Å².